The molecule has 0 aromatic heterocycles. The minimum Gasteiger partial charge on any atom is -0.346 e. The van der Waals surface area contributed by atoms with Crippen LogP contribution in [0.1, 0.15) is 27.7 Å². The Labute approximate surface area is 67.7 Å². The predicted octanol–water partition coefficient (Wildman–Crippen LogP) is 1.48. The molecule has 1 aliphatic heterocycles. The Balaban J connectivity index is 2.86. The smallest absolute Gasteiger partial charge is 0.247 e. The first kappa shape index (κ1) is 8.31. The van der Waals surface area contributed by atoms with E-state index in [9.17, 15) is 4.79 Å². The molecule has 0 spiro atoms. The molecule has 1 amide bonds. The Hall–Kier alpha value is -0.790. The van der Waals surface area contributed by atoms with Crippen LogP contribution in [0.15, 0.2) is 11.1 Å². The highest BCUT2D eigenvalue weighted by Gasteiger charge is 2.27. The van der Waals surface area contributed by atoms with E-state index < -0.39 is 0 Å². The van der Waals surface area contributed by atoms with Crippen molar-refractivity contribution in [3.63, 3.8) is 0 Å². The fourth-order valence-corrected chi connectivity index (χ4v) is 1.44. The first-order chi connectivity index (χ1) is 5.04. The Bertz CT molecular complexity index is 216. The van der Waals surface area contributed by atoms with Crippen molar-refractivity contribution in [2.45, 2.75) is 33.7 Å². The molecule has 0 aromatic rings. The van der Waals surface area contributed by atoms with Crippen LogP contribution in [0.4, 0.5) is 0 Å². The lowest BCUT2D eigenvalue weighted by molar-refractivity contribution is -0.117. The summed E-state index contributed by atoms with van der Waals surface area (Å²) in [5.41, 5.74) is 2.09. The molecule has 1 N–H and O–H groups in total. The number of rotatable bonds is 1. The van der Waals surface area contributed by atoms with Crippen LogP contribution >= 0.6 is 0 Å². The zero-order valence-electron chi connectivity index (χ0n) is 7.56. The average molecular weight is 153 g/mol. The highest BCUT2D eigenvalue weighted by molar-refractivity contribution is 5.96. The standard InChI is InChI=1S/C9H15NO/c1-5(2)8-6(3)7(4)9(11)10-8/h5,8H,1-4H3,(H,10,11). The van der Waals surface area contributed by atoms with Gasteiger partial charge in [-0.25, -0.2) is 0 Å². The third-order valence-corrected chi connectivity index (χ3v) is 2.35. The van der Waals surface area contributed by atoms with Crippen LogP contribution in [0.2, 0.25) is 0 Å². The normalized spacial score (nSPS) is 24.8. The molecule has 1 unspecified atom stereocenters. The van der Waals surface area contributed by atoms with Crippen molar-refractivity contribution in [3.05, 3.63) is 11.1 Å². The van der Waals surface area contributed by atoms with E-state index in [1.165, 1.54) is 5.57 Å². The molecule has 2 nitrogen and oxygen atoms in total. The van der Waals surface area contributed by atoms with E-state index >= 15 is 0 Å². The van der Waals surface area contributed by atoms with Gasteiger partial charge in [0.1, 0.15) is 0 Å². The van der Waals surface area contributed by atoms with E-state index in [2.05, 4.69) is 19.2 Å². The van der Waals surface area contributed by atoms with E-state index in [0.717, 1.165) is 5.57 Å². The molecule has 62 valence electrons. The second-order valence-corrected chi connectivity index (χ2v) is 3.50. The summed E-state index contributed by atoms with van der Waals surface area (Å²) >= 11 is 0. The van der Waals surface area contributed by atoms with Gasteiger partial charge in [0.2, 0.25) is 5.91 Å². The number of nitrogens with one attached hydrogen (secondary N) is 1. The maximum absolute atomic E-state index is 11.1. The maximum atomic E-state index is 11.1. The summed E-state index contributed by atoms with van der Waals surface area (Å²) in [5, 5.41) is 2.94. The molecule has 0 saturated carbocycles. The van der Waals surface area contributed by atoms with Gasteiger partial charge in [0.15, 0.2) is 0 Å². The number of hydrogen-bond donors (Lipinski definition) is 1. The first-order valence-corrected chi connectivity index (χ1v) is 4.02. The molecule has 11 heavy (non-hydrogen) atoms. The largest absolute Gasteiger partial charge is 0.346 e. The summed E-state index contributed by atoms with van der Waals surface area (Å²) in [6.07, 6.45) is 0. The maximum Gasteiger partial charge on any atom is 0.247 e. The van der Waals surface area contributed by atoms with Crippen LogP contribution in [0.25, 0.3) is 0 Å². The second kappa shape index (κ2) is 2.68. The molecular formula is C9H15NO. The van der Waals surface area contributed by atoms with E-state index in [1.54, 1.807) is 0 Å². The van der Waals surface area contributed by atoms with Crippen molar-refractivity contribution in [2.75, 3.05) is 0 Å². The van der Waals surface area contributed by atoms with Crippen LogP contribution in [0.5, 0.6) is 0 Å². The minimum absolute atomic E-state index is 0.0983. The summed E-state index contributed by atoms with van der Waals surface area (Å²) in [6, 6.07) is 0.266. The highest BCUT2D eigenvalue weighted by Crippen LogP contribution is 2.21. The van der Waals surface area contributed by atoms with Gasteiger partial charge in [-0.3, -0.25) is 4.79 Å². The predicted molar refractivity (Wildman–Crippen MR) is 45.1 cm³/mol. The van der Waals surface area contributed by atoms with E-state index in [0.29, 0.717) is 5.92 Å². The SMILES string of the molecule is CC1=C(C)C(C(C)C)NC1=O. The average Bonchev–Trinajstić information content (AvgIpc) is 2.17. The minimum atomic E-state index is 0.0983. The van der Waals surface area contributed by atoms with Crippen molar-refractivity contribution in [1.29, 1.82) is 0 Å². The summed E-state index contributed by atoms with van der Waals surface area (Å²) < 4.78 is 0. The van der Waals surface area contributed by atoms with Gasteiger partial charge in [0.25, 0.3) is 0 Å². The zero-order chi connectivity index (χ0) is 8.59. The first-order valence-electron chi connectivity index (χ1n) is 4.02. The Morgan fingerprint density at radius 1 is 1.36 bits per heavy atom. The van der Waals surface area contributed by atoms with Crippen molar-refractivity contribution in [3.8, 4) is 0 Å². The van der Waals surface area contributed by atoms with Gasteiger partial charge < -0.3 is 5.32 Å². The van der Waals surface area contributed by atoms with Gasteiger partial charge >= 0.3 is 0 Å². The second-order valence-electron chi connectivity index (χ2n) is 3.50. The number of hydrogen-bond acceptors (Lipinski definition) is 1. The van der Waals surface area contributed by atoms with Crippen molar-refractivity contribution in [2.24, 2.45) is 5.92 Å². The fourth-order valence-electron chi connectivity index (χ4n) is 1.44. The topological polar surface area (TPSA) is 29.1 Å². The van der Waals surface area contributed by atoms with Gasteiger partial charge in [0, 0.05) is 5.57 Å². The summed E-state index contributed by atoms with van der Waals surface area (Å²) in [7, 11) is 0. The lowest BCUT2D eigenvalue weighted by Gasteiger charge is -2.16. The number of amides is 1. The fraction of sp³-hybridized carbons (Fsp3) is 0.667. The summed E-state index contributed by atoms with van der Waals surface area (Å²) in [5.74, 6) is 0.595. The molecule has 1 aliphatic rings. The Morgan fingerprint density at radius 3 is 2.09 bits per heavy atom. The van der Waals surface area contributed by atoms with Gasteiger partial charge in [0.05, 0.1) is 6.04 Å². The molecule has 1 heterocycles. The van der Waals surface area contributed by atoms with Crippen molar-refractivity contribution < 1.29 is 4.79 Å². The molecule has 0 aromatic carbocycles. The van der Waals surface area contributed by atoms with Gasteiger partial charge in [-0.05, 0) is 25.3 Å². The van der Waals surface area contributed by atoms with Gasteiger partial charge in [-0.15, -0.1) is 0 Å². The molecule has 0 bridgehead atoms. The highest BCUT2D eigenvalue weighted by atomic mass is 16.2. The molecule has 0 aliphatic carbocycles. The number of carbonyl (C=O) groups is 1. The summed E-state index contributed by atoms with van der Waals surface area (Å²) in [4.78, 5) is 11.1. The molecule has 1 atom stereocenters. The molecule has 0 fully saturated rings. The van der Waals surface area contributed by atoms with Crippen LogP contribution < -0.4 is 5.32 Å². The van der Waals surface area contributed by atoms with Crippen molar-refractivity contribution >= 4 is 5.91 Å². The van der Waals surface area contributed by atoms with Gasteiger partial charge in [-0.2, -0.15) is 0 Å². The number of carbonyl (C=O) groups excluding carboxylic acids is 1. The molecule has 0 radical (unpaired) electrons. The van der Waals surface area contributed by atoms with E-state index in [1.807, 2.05) is 13.8 Å². The third-order valence-electron chi connectivity index (χ3n) is 2.35. The monoisotopic (exact) mass is 153 g/mol. The molecule has 2 heteroatoms. The molecule has 1 rings (SSSR count). The van der Waals surface area contributed by atoms with E-state index in [4.69, 9.17) is 0 Å². The van der Waals surface area contributed by atoms with Crippen LogP contribution in [0, 0.1) is 5.92 Å². The third kappa shape index (κ3) is 1.30. The van der Waals surface area contributed by atoms with Gasteiger partial charge in [-0.1, -0.05) is 13.8 Å². The van der Waals surface area contributed by atoms with Crippen LogP contribution in [-0.4, -0.2) is 11.9 Å². The Kier molecular flexibility index (Phi) is 2.03. The Morgan fingerprint density at radius 2 is 1.91 bits per heavy atom. The summed E-state index contributed by atoms with van der Waals surface area (Å²) in [6.45, 7) is 8.14. The zero-order valence-corrected chi connectivity index (χ0v) is 7.56. The van der Waals surface area contributed by atoms with Crippen molar-refractivity contribution in [1.82, 2.24) is 5.32 Å². The molecular weight excluding hydrogens is 138 g/mol. The van der Waals surface area contributed by atoms with Crippen LogP contribution in [-0.2, 0) is 4.79 Å². The lowest BCUT2D eigenvalue weighted by atomic mass is 9.98. The van der Waals surface area contributed by atoms with Crippen LogP contribution in [0.3, 0.4) is 0 Å². The quantitative estimate of drug-likeness (QED) is 0.607. The van der Waals surface area contributed by atoms with E-state index in [-0.39, 0.29) is 11.9 Å². The lowest BCUT2D eigenvalue weighted by Crippen LogP contribution is -2.32. The molecule has 0 saturated heterocycles.